The van der Waals surface area contributed by atoms with Crippen LogP contribution in [0, 0.1) is 5.41 Å². The molecule has 0 unspecified atom stereocenters. The van der Waals surface area contributed by atoms with E-state index in [4.69, 9.17) is 16.2 Å². The van der Waals surface area contributed by atoms with Gasteiger partial charge in [0.15, 0.2) is 0 Å². The average molecular weight is 416 g/mol. The summed E-state index contributed by atoms with van der Waals surface area (Å²) in [6, 6.07) is 5.47. The van der Waals surface area contributed by atoms with Gasteiger partial charge in [-0.25, -0.2) is 14.5 Å². The molecule has 160 valence electrons. The highest BCUT2D eigenvalue weighted by Crippen LogP contribution is 2.38. The number of aliphatic carboxylic acids is 1. The maximum absolute atomic E-state index is 13.3. The first-order chi connectivity index (χ1) is 14.2. The number of carboxylic acids is 1. The van der Waals surface area contributed by atoms with E-state index in [1.807, 2.05) is 0 Å². The number of urea groups is 2. The molecule has 3 rings (SSSR count). The summed E-state index contributed by atoms with van der Waals surface area (Å²) in [7, 11) is 1.58. The van der Waals surface area contributed by atoms with E-state index in [-0.39, 0.29) is 56.7 Å². The van der Waals surface area contributed by atoms with Crippen LogP contribution in [0.3, 0.4) is 0 Å². The summed E-state index contributed by atoms with van der Waals surface area (Å²) in [6.45, 7) is 0.552. The van der Waals surface area contributed by atoms with E-state index >= 15 is 0 Å². The number of imide groups is 1. The number of rotatable bonds is 5. The zero-order chi connectivity index (χ0) is 22.1. The number of anilines is 1. The number of likely N-dealkylation sites (tertiary alicyclic amines) is 1. The lowest BCUT2D eigenvalue weighted by Crippen LogP contribution is -2.57. The number of benzene rings is 1. The molecule has 5 amide bonds. The first-order valence-electron chi connectivity index (χ1n) is 9.49. The lowest BCUT2D eigenvalue weighted by Gasteiger charge is -2.40. The molecule has 2 saturated heterocycles. The van der Waals surface area contributed by atoms with Gasteiger partial charge in [0.25, 0.3) is 5.91 Å². The monoisotopic (exact) mass is 416 g/mol. The molecule has 0 atom stereocenters. The largest absolute Gasteiger partial charge is 0.481 e. The average Bonchev–Trinajstić information content (AvgIpc) is 2.89. The molecule has 2 aliphatic heterocycles. The van der Waals surface area contributed by atoms with E-state index in [2.05, 4.69) is 5.32 Å². The van der Waals surface area contributed by atoms with Crippen molar-refractivity contribution in [2.75, 3.05) is 31.6 Å². The van der Waals surface area contributed by atoms with Gasteiger partial charge >= 0.3 is 18.0 Å². The van der Waals surface area contributed by atoms with Gasteiger partial charge < -0.3 is 26.0 Å². The molecule has 2 aliphatic rings. The van der Waals surface area contributed by atoms with Crippen molar-refractivity contribution in [3.8, 4) is 0 Å². The van der Waals surface area contributed by atoms with Crippen LogP contribution in [0.1, 0.15) is 24.8 Å². The minimum absolute atomic E-state index is 0.0250. The predicted octanol–water partition coefficient (Wildman–Crippen LogP) is 0.388. The van der Waals surface area contributed by atoms with Gasteiger partial charge in [-0.1, -0.05) is 0 Å². The molecule has 2 fully saturated rings. The van der Waals surface area contributed by atoms with Gasteiger partial charge in [0.05, 0.1) is 12.1 Å². The van der Waals surface area contributed by atoms with Crippen LogP contribution in [0.25, 0.3) is 0 Å². The Balaban J connectivity index is 1.70. The minimum atomic E-state index is -1.03. The number of amidine groups is 1. The maximum Gasteiger partial charge on any atom is 0.332 e. The molecular weight excluding hydrogens is 392 g/mol. The first kappa shape index (κ1) is 21.1. The molecule has 0 radical (unpaired) electrons. The van der Waals surface area contributed by atoms with Gasteiger partial charge in [-0.05, 0) is 37.1 Å². The molecule has 11 heteroatoms. The van der Waals surface area contributed by atoms with E-state index in [1.165, 1.54) is 9.80 Å². The van der Waals surface area contributed by atoms with E-state index in [1.54, 1.807) is 31.3 Å². The number of carboxylic acid groups (broad SMARTS) is 1. The standard InChI is InChI=1S/C19H24N6O5/c1-23-18(30)25(13-4-2-12(3-5-13)15(20)21)16(28)19(23)7-10-24(11-8-19)17(29)22-9-6-14(26)27/h2-5H,6-11H2,1H3,(H3,20,21)(H,22,29)(H,26,27). The van der Waals surface area contributed by atoms with Gasteiger partial charge in [-0.3, -0.25) is 15.0 Å². The van der Waals surface area contributed by atoms with E-state index in [0.717, 1.165) is 4.90 Å². The third kappa shape index (κ3) is 3.65. The number of nitrogens with zero attached hydrogens (tertiary/aromatic N) is 3. The Labute approximate surface area is 172 Å². The lowest BCUT2D eigenvalue weighted by atomic mass is 9.86. The number of nitrogens with one attached hydrogen (secondary N) is 2. The Kier molecular flexibility index (Phi) is 5.63. The van der Waals surface area contributed by atoms with Gasteiger partial charge in [0, 0.05) is 32.2 Å². The highest BCUT2D eigenvalue weighted by molar-refractivity contribution is 6.23. The number of likely N-dealkylation sites (N-methyl/N-ethyl adjacent to an activating group) is 1. The molecule has 2 heterocycles. The van der Waals surface area contributed by atoms with Crippen molar-refractivity contribution in [3.63, 3.8) is 0 Å². The summed E-state index contributed by atoms with van der Waals surface area (Å²) in [4.78, 5) is 52.9. The molecule has 1 spiro atoms. The van der Waals surface area contributed by atoms with Crippen molar-refractivity contribution in [1.82, 2.24) is 15.1 Å². The first-order valence-corrected chi connectivity index (χ1v) is 9.49. The smallest absolute Gasteiger partial charge is 0.332 e. The molecule has 0 aromatic heterocycles. The van der Waals surface area contributed by atoms with Crippen molar-refractivity contribution >= 4 is 35.5 Å². The van der Waals surface area contributed by atoms with Crippen molar-refractivity contribution < 1.29 is 24.3 Å². The van der Waals surface area contributed by atoms with Crippen molar-refractivity contribution in [1.29, 1.82) is 5.41 Å². The Bertz CT molecular complexity index is 891. The number of piperidine rings is 1. The van der Waals surface area contributed by atoms with Crippen LogP contribution >= 0.6 is 0 Å². The summed E-state index contributed by atoms with van der Waals surface area (Å²) < 4.78 is 0. The van der Waals surface area contributed by atoms with E-state index in [9.17, 15) is 19.2 Å². The molecule has 11 nitrogen and oxygen atoms in total. The van der Waals surface area contributed by atoms with Crippen LogP contribution in [0.2, 0.25) is 0 Å². The molecule has 0 aliphatic carbocycles. The maximum atomic E-state index is 13.3. The molecule has 0 bridgehead atoms. The van der Waals surface area contributed by atoms with Gasteiger partial charge in [-0.15, -0.1) is 0 Å². The van der Waals surface area contributed by atoms with Gasteiger partial charge in [-0.2, -0.15) is 0 Å². The lowest BCUT2D eigenvalue weighted by molar-refractivity contribution is -0.136. The topological polar surface area (TPSA) is 160 Å². The van der Waals surface area contributed by atoms with E-state index < -0.39 is 17.5 Å². The van der Waals surface area contributed by atoms with Gasteiger partial charge in [0.1, 0.15) is 11.4 Å². The molecule has 0 saturated carbocycles. The molecular formula is C19H24N6O5. The Hall–Kier alpha value is -3.63. The number of amides is 5. The van der Waals surface area contributed by atoms with Crippen LogP contribution in [-0.2, 0) is 9.59 Å². The third-order valence-electron chi connectivity index (χ3n) is 5.65. The fourth-order valence-corrected chi connectivity index (χ4v) is 3.81. The zero-order valence-electron chi connectivity index (χ0n) is 16.6. The minimum Gasteiger partial charge on any atom is -0.481 e. The summed E-state index contributed by atoms with van der Waals surface area (Å²) in [5.74, 6) is -1.46. The normalized spacial score (nSPS) is 18.1. The Morgan fingerprint density at radius 1 is 1.20 bits per heavy atom. The van der Waals surface area contributed by atoms with Crippen molar-refractivity contribution in [2.24, 2.45) is 5.73 Å². The predicted molar refractivity (Wildman–Crippen MR) is 107 cm³/mol. The number of nitrogen functional groups attached to an aromatic ring is 1. The van der Waals surface area contributed by atoms with Crippen LogP contribution in [0.4, 0.5) is 15.3 Å². The molecule has 1 aromatic carbocycles. The van der Waals surface area contributed by atoms with Crippen molar-refractivity contribution in [3.05, 3.63) is 29.8 Å². The van der Waals surface area contributed by atoms with Crippen LogP contribution < -0.4 is 16.0 Å². The van der Waals surface area contributed by atoms with Crippen LogP contribution in [0.15, 0.2) is 24.3 Å². The second-order valence-electron chi connectivity index (χ2n) is 7.34. The summed E-state index contributed by atoms with van der Waals surface area (Å²) >= 11 is 0. The van der Waals surface area contributed by atoms with Gasteiger partial charge in [0.2, 0.25) is 0 Å². The summed E-state index contributed by atoms with van der Waals surface area (Å²) in [6.07, 6.45) is 0.390. The quantitative estimate of drug-likeness (QED) is 0.308. The SMILES string of the molecule is CN1C(=O)N(c2ccc(C(=N)N)cc2)C(=O)C12CCN(C(=O)NCCC(=O)O)CC2. The fourth-order valence-electron chi connectivity index (χ4n) is 3.81. The second-order valence-corrected chi connectivity index (χ2v) is 7.34. The van der Waals surface area contributed by atoms with Crippen LogP contribution in [-0.4, -0.2) is 76.9 Å². The zero-order valence-corrected chi connectivity index (χ0v) is 16.6. The molecule has 5 N–H and O–H groups in total. The number of hydrogen-bond acceptors (Lipinski definition) is 5. The number of nitrogens with two attached hydrogens (primary N) is 1. The Morgan fingerprint density at radius 2 is 1.80 bits per heavy atom. The summed E-state index contributed by atoms with van der Waals surface area (Å²) in [5.41, 5.74) is 5.30. The van der Waals surface area contributed by atoms with Crippen LogP contribution in [0.5, 0.6) is 0 Å². The van der Waals surface area contributed by atoms with Crippen molar-refractivity contribution in [2.45, 2.75) is 24.8 Å². The molecule has 30 heavy (non-hydrogen) atoms. The fraction of sp³-hybridized carbons (Fsp3) is 0.421. The Morgan fingerprint density at radius 3 is 2.33 bits per heavy atom. The summed E-state index contributed by atoms with van der Waals surface area (Å²) in [5, 5.41) is 18.7. The highest BCUT2D eigenvalue weighted by Gasteiger charge is 2.57. The molecule has 1 aromatic rings. The highest BCUT2D eigenvalue weighted by atomic mass is 16.4. The number of carbonyl (C=O) groups excluding carboxylic acids is 3. The van der Waals surface area contributed by atoms with E-state index in [0.29, 0.717) is 11.3 Å². The number of hydrogen-bond donors (Lipinski definition) is 4. The number of carbonyl (C=O) groups is 4. The third-order valence-corrected chi connectivity index (χ3v) is 5.65. The second kappa shape index (κ2) is 8.01.